The average Bonchev–Trinajstić information content (AvgIpc) is 2.45. The second kappa shape index (κ2) is 6.25. The Morgan fingerprint density at radius 2 is 2.00 bits per heavy atom. The smallest absolute Gasteiger partial charge is 0.269 e. The Bertz CT molecular complexity index is 616. The van der Waals surface area contributed by atoms with Gasteiger partial charge in [0.25, 0.3) is 5.69 Å². The lowest BCUT2D eigenvalue weighted by Gasteiger charge is -2.14. The highest BCUT2D eigenvalue weighted by atomic mass is 19.1. The first-order valence-electron chi connectivity index (χ1n) is 6.28. The van der Waals surface area contributed by atoms with Gasteiger partial charge < -0.3 is 5.32 Å². The molecule has 0 aliphatic carbocycles. The van der Waals surface area contributed by atoms with E-state index in [2.05, 4.69) is 5.32 Å². The molecule has 0 saturated heterocycles. The van der Waals surface area contributed by atoms with Crippen molar-refractivity contribution in [3.63, 3.8) is 0 Å². The van der Waals surface area contributed by atoms with Crippen molar-refractivity contribution in [2.75, 3.05) is 0 Å². The standard InChI is InChI=1S/C15H15FN2O2/c1-11(13-5-3-6-14(16)9-13)17-10-12-4-2-7-15(8-12)18(19)20/h2-9,11,17H,10H2,1H3. The summed E-state index contributed by atoms with van der Waals surface area (Å²) in [4.78, 5) is 10.3. The quantitative estimate of drug-likeness (QED) is 0.669. The van der Waals surface area contributed by atoms with Gasteiger partial charge in [-0.05, 0) is 30.2 Å². The summed E-state index contributed by atoms with van der Waals surface area (Å²) in [5.41, 5.74) is 1.74. The molecule has 104 valence electrons. The van der Waals surface area contributed by atoms with Gasteiger partial charge in [-0.1, -0.05) is 24.3 Å². The summed E-state index contributed by atoms with van der Waals surface area (Å²) in [6.45, 7) is 2.41. The first-order valence-corrected chi connectivity index (χ1v) is 6.28. The van der Waals surface area contributed by atoms with E-state index in [0.717, 1.165) is 11.1 Å². The van der Waals surface area contributed by atoms with Crippen LogP contribution in [-0.2, 0) is 6.54 Å². The third-order valence-electron chi connectivity index (χ3n) is 3.08. The molecule has 2 aromatic rings. The second-order valence-electron chi connectivity index (χ2n) is 4.58. The lowest BCUT2D eigenvalue weighted by atomic mass is 10.1. The van der Waals surface area contributed by atoms with Crippen LogP contribution in [0.15, 0.2) is 48.5 Å². The molecule has 0 radical (unpaired) electrons. The molecule has 0 spiro atoms. The van der Waals surface area contributed by atoms with Gasteiger partial charge in [0, 0.05) is 24.7 Å². The third-order valence-corrected chi connectivity index (χ3v) is 3.08. The Balaban J connectivity index is 2.01. The van der Waals surface area contributed by atoms with Crippen LogP contribution < -0.4 is 5.32 Å². The number of benzene rings is 2. The molecule has 0 heterocycles. The normalized spacial score (nSPS) is 12.1. The molecule has 0 saturated carbocycles. The van der Waals surface area contributed by atoms with Gasteiger partial charge in [0.1, 0.15) is 5.82 Å². The largest absolute Gasteiger partial charge is 0.306 e. The molecule has 0 aromatic heterocycles. The Kier molecular flexibility index (Phi) is 4.42. The number of nitro benzene ring substituents is 1. The molecule has 2 aromatic carbocycles. The van der Waals surface area contributed by atoms with Gasteiger partial charge in [-0.3, -0.25) is 10.1 Å². The number of nitrogens with one attached hydrogen (secondary N) is 1. The molecule has 1 N–H and O–H groups in total. The van der Waals surface area contributed by atoms with Crippen LogP contribution in [0.1, 0.15) is 24.1 Å². The van der Waals surface area contributed by atoms with E-state index in [4.69, 9.17) is 0 Å². The van der Waals surface area contributed by atoms with E-state index < -0.39 is 4.92 Å². The minimum atomic E-state index is -0.417. The van der Waals surface area contributed by atoms with Gasteiger partial charge in [0.05, 0.1) is 4.92 Å². The van der Waals surface area contributed by atoms with Crippen molar-refractivity contribution in [3.05, 3.63) is 75.6 Å². The van der Waals surface area contributed by atoms with Crippen molar-refractivity contribution in [3.8, 4) is 0 Å². The predicted octanol–water partition coefficient (Wildman–Crippen LogP) is 3.58. The Morgan fingerprint density at radius 1 is 1.25 bits per heavy atom. The van der Waals surface area contributed by atoms with Crippen LogP contribution in [0.3, 0.4) is 0 Å². The molecule has 1 atom stereocenters. The van der Waals surface area contributed by atoms with Crippen molar-refractivity contribution in [2.45, 2.75) is 19.5 Å². The lowest BCUT2D eigenvalue weighted by Crippen LogP contribution is -2.18. The molecule has 0 aliphatic heterocycles. The topological polar surface area (TPSA) is 55.2 Å². The molecule has 0 fully saturated rings. The van der Waals surface area contributed by atoms with Crippen LogP contribution in [0, 0.1) is 15.9 Å². The van der Waals surface area contributed by atoms with E-state index in [9.17, 15) is 14.5 Å². The Hall–Kier alpha value is -2.27. The number of hydrogen-bond acceptors (Lipinski definition) is 3. The summed E-state index contributed by atoms with van der Waals surface area (Å²) in [6.07, 6.45) is 0. The van der Waals surface area contributed by atoms with Crippen molar-refractivity contribution in [2.24, 2.45) is 0 Å². The van der Waals surface area contributed by atoms with Crippen LogP contribution >= 0.6 is 0 Å². The summed E-state index contributed by atoms with van der Waals surface area (Å²) in [5.74, 6) is -0.272. The van der Waals surface area contributed by atoms with E-state index in [1.165, 1.54) is 24.3 Å². The maximum Gasteiger partial charge on any atom is 0.269 e. The highest BCUT2D eigenvalue weighted by molar-refractivity contribution is 5.34. The summed E-state index contributed by atoms with van der Waals surface area (Å²) in [5, 5.41) is 13.9. The molecule has 1 unspecified atom stereocenters. The molecule has 5 heteroatoms. The number of rotatable bonds is 5. The lowest BCUT2D eigenvalue weighted by molar-refractivity contribution is -0.384. The van der Waals surface area contributed by atoms with Gasteiger partial charge in [0.2, 0.25) is 0 Å². The van der Waals surface area contributed by atoms with Crippen molar-refractivity contribution in [1.82, 2.24) is 5.32 Å². The summed E-state index contributed by atoms with van der Waals surface area (Å²) in [7, 11) is 0. The molecular weight excluding hydrogens is 259 g/mol. The molecular formula is C15H15FN2O2. The van der Waals surface area contributed by atoms with Gasteiger partial charge in [-0.2, -0.15) is 0 Å². The van der Waals surface area contributed by atoms with Crippen molar-refractivity contribution >= 4 is 5.69 Å². The monoisotopic (exact) mass is 274 g/mol. The minimum Gasteiger partial charge on any atom is -0.306 e. The number of non-ortho nitro benzene ring substituents is 1. The van der Waals surface area contributed by atoms with Crippen LogP contribution in [0.4, 0.5) is 10.1 Å². The van der Waals surface area contributed by atoms with Gasteiger partial charge in [0.15, 0.2) is 0 Å². The van der Waals surface area contributed by atoms with Gasteiger partial charge >= 0.3 is 0 Å². The van der Waals surface area contributed by atoms with Gasteiger partial charge in [-0.15, -0.1) is 0 Å². The first kappa shape index (κ1) is 14.1. The second-order valence-corrected chi connectivity index (χ2v) is 4.58. The number of halogens is 1. The van der Waals surface area contributed by atoms with Crippen molar-refractivity contribution in [1.29, 1.82) is 0 Å². The summed E-state index contributed by atoms with van der Waals surface area (Å²) in [6, 6.07) is 12.8. The summed E-state index contributed by atoms with van der Waals surface area (Å²) >= 11 is 0. The first-order chi connectivity index (χ1) is 9.56. The third kappa shape index (κ3) is 3.61. The maximum absolute atomic E-state index is 13.1. The van der Waals surface area contributed by atoms with Crippen molar-refractivity contribution < 1.29 is 9.31 Å². The number of hydrogen-bond donors (Lipinski definition) is 1. The zero-order valence-corrected chi connectivity index (χ0v) is 11.0. The van der Waals surface area contributed by atoms with E-state index in [-0.39, 0.29) is 17.5 Å². The van der Waals surface area contributed by atoms with Crippen LogP contribution in [0.2, 0.25) is 0 Å². The van der Waals surface area contributed by atoms with E-state index in [1.807, 2.05) is 19.1 Å². The van der Waals surface area contributed by atoms with Crippen LogP contribution in [0.25, 0.3) is 0 Å². The van der Waals surface area contributed by atoms with E-state index in [1.54, 1.807) is 12.1 Å². The van der Waals surface area contributed by atoms with Crippen LogP contribution in [-0.4, -0.2) is 4.92 Å². The van der Waals surface area contributed by atoms with Crippen LogP contribution in [0.5, 0.6) is 0 Å². The van der Waals surface area contributed by atoms with Gasteiger partial charge in [-0.25, -0.2) is 4.39 Å². The highest BCUT2D eigenvalue weighted by Crippen LogP contribution is 2.16. The minimum absolute atomic E-state index is 0.0371. The number of nitrogens with zero attached hydrogens (tertiary/aromatic N) is 1. The molecule has 4 nitrogen and oxygen atoms in total. The maximum atomic E-state index is 13.1. The highest BCUT2D eigenvalue weighted by Gasteiger charge is 2.08. The SMILES string of the molecule is CC(NCc1cccc([N+](=O)[O-])c1)c1cccc(F)c1. The predicted molar refractivity (Wildman–Crippen MR) is 74.8 cm³/mol. The fourth-order valence-electron chi connectivity index (χ4n) is 1.94. The van der Waals surface area contributed by atoms with E-state index in [0.29, 0.717) is 6.54 Å². The molecule has 2 rings (SSSR count). The Morgan fingerprint density at radius 3 is 2.70 bits per heavy atom. The number of nitro groups is 1. The molecule has 0 amide bonds. The molecule has 0 bridgehead atoms. The zero-order valence-electron chi connectivity index (χ0n) is 11.0. The fraction of sp³-hybridized carbons (Fsp3) is 0.200. The molecule has 20 heavy (non-hydrogen) atoms. The fourth-order valence-corrected chi connectivity index (χ4v) is 1.94. The molecule has 0 aliphatic rings. The van der Waals surface area contributed by atoms with E-state index >= 15 is 0 Å². The Labute approximate surface area is 116 Å². The summed E-state index contributed by atoms with van der Waals surface area (Å²) < 4.78 is 13.1. The average molecular weight is 274 g/mol. The zero-order chi connectivity index (χ0) is 14.5.